The Morgan fingerprint density at radius 2 is 1.61 bits per heavy atom. The highest BCUT2D eigenvalue weighted by atomic mass is 35.5. The maximum Gasteiger partial charge on any atom is 0.0862 e. The molecule has 0 aliphatic carbocycles. The summed E-state index contributed by atoms with van der Waals surface area (Å²) in [6.07, 6.45) is 4.85. The number of rotatable bonds is 4. The Bertz CT molecular complexity index is 1240. The number of benzene rings is 3. The minimum atomic E-state index is 0.0818. The van der Waals surface area contributed by atoms with E-state index in [1.165, 1.54) is 11.1 Å². The van der Waals surface area contributed by atoms with E-state index in [0.717, 1.165) is 34.6 Å². The number of nitrogens with zero attached hydrogens (tertiary/aromatic N) is 4. The molecule has 3 aromatic carbocycles. The fourth-order valence-corrected chi connectivity index (χ4v) is 4.05. The highest BCUT2D eigenvalue weighted by Gasteiger charge is 2.31. The van der Waals surface area contributed by atoms with Gasteiger partial charge in [0.2, 0.25) is 0 Å². The molecule has 0 bridgehead atoms. The second-order valence-electron chi connectivity index (χ2n) is 7.94. The zero-order chi connectivity index (χ0) is 21.4. The minimum absolute atomic E-state index is 0.0818. The van der Waals surface area contributed by atoms with Crippen LogP contribution in [0.1, 0.15) is 34.7 Å². The van der Waals surface area contributed by atoms with E-state index < -0.39 is 0 Å². The molecule has 1 atom stereocenters. The maximum atomic E-state index is 6.04. The van der Waals surface area contributed by atoms with Gasteiger partial charge < -0.3 is 0 Å². The van der Waals surface area contributed by atoms with E-state index in [-0.39, 0.29) is 6.04 Å². The van der Waals surface area contributed by atoms with Crippen molar-refractivity contribution >= 4 is 23.0 Å². The van der Waals surface area contributed by atoms with Gasteiger partial charge in [-0.15, -0.1) is 0 Å². The smallest absolute Gasteiger partial charge is 0.0862 e. The Morgan fingerprint density at radius 1 is 0.871 bits per heavy atom. The third-order valence-electron chi connectivity index (χ3n) is 5.85. The van der Waals surface area contributed by atoms with Crippen LogP contribution in [0.4, 0.5) is 5.69 Å². The van der Waals surface area contributed by atoms with E-state index in [1.807, 2.05) is 41.2 Å². The summed E-state index contributed by atoms with van der Waals surface area (Å²) in [5.74, 6) is 0. The maximum absolute atomic E-state index is 6.04. The lowest BCUT2D eigenvalue weighted by Gasteiger charge is -2.23. The van der Waals surface area contributed by atoms with Crippen LogP contribution in [0.3, 0.4) is 0 Å². The zero-order valence-electron chi connectivity index (χ0n) is 17.5. The molecule has 2 heterocycles. The number of hydrogen-bond acceptors (Lipinski definition) is 3. The predicted molar refractivity (Wildman–Crippen MR) is 127 cm³/mol. The molecule has 0 fully saturated rings. The molecule has 5 rings (SSSR count). The molecule has 4 aromatic rings. The third kappa shape index (κ3) is 3.87. The van der Waals surface area contributed by atoms with Crippen molar-refractivity contribution in [2.75, 3.05) is 5.01 Å². The average molecular weight is 427 g/mol. The zero-order valence-corrected chi connectivity index (χ0v) is 18.3. The first-order valence-electron chi connectivity index (χ1n) is 10.4. The minimum Gasteiger partial charge on any atom is -0.257 e. The van der Waals surface area contributed by atoms with Crippen LogP contribution < -0.4 is 5.01 Å². The SMILES string of the molecule is Cc1ccc(N2N=C(c3ccccc3)CC2c2cnn(-c3ccc(Cl)cc3)c2)cc1C. The molecular formula is C26H23ClN4. The Labute approximate surface area is 187 Å². The van der Waals surface area contributed by atoms with E-state index in [1.54, 1.807) is 0 Å². The first-order chi connectivity index (χ1) is 15.1. The third-order valence-corrected chi connectivity index (χ3v) is 6.10. The summed E-state index contributed by atoms with van der Waals surface area (Å²) in [6, 6.07) is 24.7. The number of aromatic nitrogens is 2. The average Bonchev–Trinajstić information content (AvgIpc) is 3.44. The highest BCUT2D eigenvalue weighted by molar-refractivity contribution is 6.30. The Balaban J connectivity index is 1.53. The lowest BCUT2D eigenvalue weighted by atomic mass is 10.00. The van der Waals surface area contributed by atoms with Crippen molar-refractivity contribution < 1.29 is 0 Å². The van der Waals surface area contributed by atoms with Gasteiger partial charge >= 0.3 is 0 Å². The Hall–Kier alpha value is -3.37. The molecule has 4 nitrogen and oxygen atoms in total. The summed E-state index contributed by atoms with van der Waals surface area (Å²) >= 11 is 6.04. The van der Waals surface area contributed by atoms with Gasteiger partial charge in [-0.2, -0.15) is 10.2 Å². The molecule has 0 saturated carbocycles. The van der Waals surface area contributed by atoms with Gasteiger partial charge in [-0.3, -0.25) is 5.01 Å². The molecule has 0 saturated heterocycles. The van der Waals surface area contributed by atoms with Crippen LogP contribution in [0, 0.1) is 13.8 Å². The van der Waals surface area contributed by atoms with Gasteiger partial charge in [0, 0.05) is 23.2 Å². The van der Waals surface area contributed by atoms with Crippen LogP contribution >= 0.6 is 11.6 Å². The van der Waals surface area contributed by atoms with Crippen molar-refractivity contribution in [2.45, 2.75) is 26.3 Å². The first-order valence-corrected chi connectivity index (χ1v) is 10.8. The van der Waals surface area contributed by atoms with Crippen molar-refractivity contribution in [1.82, 2.24) is 9.78 Å². The first kappa shape index (κ1) is 19.6. The summed E-state index contributed by atoms with van der Waals surface area (Å²) in [6.45, 7) is 4.28. The van der Waals surface area contributed by atoms with Gasteiger partial charge in [-0.25, -0.2) is 4.68 Å². The van der Waals surface area contributed by atoms with E-state index in [0.29, 0.717) is 5.02 Å². The Morgan fingerprint density at radius 3 is 2.35 bits per heavy atom. The van der Waals surface area contributed by atoms with Gasteiger partial charge in [-0.1, -0.05) is 48.0 Å². The number of halogens is 1. The lowest BCUT2D eigenvalue weighted by Crippen LogP contribution is -2.18. The molecule has 1 aromatic heterocycles. The van der Waals surface area contributed by atoms with Crippen molar-refractivity contribution in [1.29, 1.82) is 0 Å². The van der Waals surface area contributed by atoms with Crippen LogP contribution in [-0.4, -0.2) is 15.5 Å². The Kier molecular flexibility index (Phi) is 5.08. The van der Waals surface area contributed by atoms with Crippen molar-refractivity contribution in [2.24, 2.45) is 5.10 Å². The molecule has 0 amide bonds. The van der Waals surface area contributed by atoms with Gasteiger partial charge in [0.15, 0.2) is 0 Å². The van der Waals surface area contributed by atoms with Crippen LogP contribution in [0.15, 0.2) is 90.3 Å². The summed E-state index contributed by atoms with van der Waals surface area (Å²) in [5.41, 5.74) is 7.99. The predicted octanol–water partition coefficient (Wildman–Crippen LogP) is 6.50. The van der Waals surface area contributed by atoms with Gasteiger partial charge in [0.05, 0.1) is 29.3 Å². The molecule has 0 N–H and O–H groups in total. The molecule has 0 spiro atoms. The van der Waals surface area contributed by atoms with Gasteiger partial charge in [0.1, 0.15) is 0 Å². The summed E-state index contributed by atoms with van der Waals surface area (Å²) < 4.78 is 1.89. The van der Waals surface area contributed by atoms with E-state index in [9.17, 15) is 0 Å². The van der Waals surface area contributed by atoms with E-state index in [2.05, 4.69) is 72.6 Å². The summed E-state index contributed by atoms with van der Waals surface area (Å²) in [4.78, 5) is 0. The molecule has 0 radical (unpaired) electrons. The number of aryl methyl sites for hydroxylation is 2. The quantitative estimate of drug-likeness (QED) is 0.373. The lowest BCUT2D eigenvalue weighted by molar-refractivity contribution is 0.708. The highest BCUT2D eigenvalue weighted by Crippen LogP contribution is 2.37. The fraction of sp³-hybridized carbons (Fsp3) is 0.154. The van der Waals surface area contributed by atoms with Crippen molar-refractivity contribution in [3.8, 4) is 5.69 Å². The summed E-state index contributed by atoms with van der Waals surface area (Å²) in [5, 5.41) is 12.5. The molecule has 31 heavy (non-hydrogen) atoms. The molecule has 1 unspecified atom stereocenters. The van der Waals surface area contributed by atoms with Crippen molar-refractivity contribution in [3.05, 3.63) is 112 Å². The van der Waals surface area contributed by atoms with Crippen LogP contribution in [-0.2, 0) is 0 Å². The van der Waals surface area contributed by atoms with Crippen LogP contribution in [0.2, 0.25) is 5.02 Å². The fourth-order valence-electron chi connectivity index (χ4n) is 3.92. The van der Waals surface area contributed by atoms with Gasteiger partial charge in [-0.05, 0) is 66.9 Å². The number of hydrogen-bond donors (Lipinski definition) is 0. The monoisotopic (exact) mass is 426 g/mol. The standard InChI is InChI=1S/C26H23ClN4/c1-18-8-11-24(14-19(18)2)31-26(15-25(29-31)20-6-4-3-5-7-20)21-16-28-30(17-21)23-12-9-22(27)10-13-23/h3-14,16-17,26H,15H2,1-2H3. The molecular weight excluding hydrogens is 404 g/mol. The normalized spacial score (nSPS) is 15.9. The van der Waals surface area contributed by atoms with Crippen LogP contribution in [0.25, 0.3) is 5.69 Å². The van der Waals surface area contributed by atoms with Crippen molar-refractivity contribution in [3.63, 3.8) is 0 Å². The topological polar surface area (TPSA) is 33.4 Å². The van der Waals surface area contributed by atoms with E-state index in [4.69, 9.17) is 16.7 Å². The number of anilines is 1. The molecule has 154 valence electrons. The summed E-state index contributed by atoms with van der Waals surface area (Å²) in [7, 11) is 0. The molecule has 1 aliphatic rings. The second kappa shape index (κ2) is 8.05. The van der Waals surface area contributed by atoms with Crippen LogP contribution in [0.5, 0.6) is 0 Å². The number of hydrazone groups is 1. The van der Waals surface area contributed by atoms with E-state index >= 15 is 0 Å². The molecule has 5 heteroatoms. The molecule has 1 aliphatic heterocycles. The second-order valence-corrected chi connectivity index (χ2v) is 8.38. The largest absolute Gasteiger partial charge is 0.257 e. The van der Waals surface area contributed by atoms with Gasteiger partial charge in [0.25, 0.3) is 0 Å².